The van der Waals surface area contributed by atoms with Gasteiger partial charge in [0, 0.05) is 12.5 Å². The van der Waals surface area contributed by atoms with Gasteiger partial charge < -0.3 is 14.8 Å². The predicted molar refractivity (Wildman–Crippen MR) is 97.3 cm³/mol. The van der Waals surface area contributed by atoms with Crippen molar-refractivity contribution in [2.24, 2.45) is 0 Å². The Morgan fingerprint density at radius 3 is 2.44 bits per heavy atom. The normalized spacial score (nSPS) is 11.3. The highest BCUT2D eigenvalue weighted by Crippen LogP contribution is 2.25. The number of esters is 1. The summed E-state index contributed by atoms with van der Waals surface area (Å²) in [6, 6.07) is 14.1. The molecule has 2 rings (SSSR count). The number of hydrogen-bond acceptors (Lipinski definition) is 6. The van der Waals surface area contributed by atoms with Gasteiger partial charge in [-0.3, -0.25) is 14.9 Å². The van der Waals surface area contributed by atoms with E-state index in [1.807, 2.05) is 30.3 Å². The molecule has 0 aliphatic rings. The summed E-state index contributed by atoms with van der Waals surface area (Å²) in [4.78, 5) is 34.7. The fourth-order valence-corrected chi connectivity index (χ4v) is 2.40. The highest BCUT2D eigenvalue weighted by molar-refractivity contribution is 5.85. The van der Waals surface area contributed by atoms with E-state index in [0.717, 1.165) is 5.56 Å². The van der Waals surface area contributed by atoms with Gasteiger partial charge in [-0.1, -0.05) is 42.5 Å². The van der Waals surface area contributed by atoms with Gasteiger partial charge >= 0.3 is 11.7 Å². The molecule has 1 N–H and O–H groups in total. The number of benzene rings is 2. The number of nitrogens with one attached hydrogen (secondary N) is 1. The maximum absolute atomic E-state index is 12.2. The minimum Gasteiger partial charge on any atom is -0.477 e. The fourth-order valence-electron chi connectivity index (χ4n) is 2.40. The van der Waals surface area contributed by atoms with E-state index in [-0.39, 0.29) is 24.5 Å². The predicted octanol–water partition coefficient (Wildman–Crippen LogP) is 2.26. The molecular weight excluding hydrogens is 352 g/mol. The van der Waals surface area contributed by atoms with E-state index < -0.39 is 29.4 Å². The van der Waals surface area contributed by atoms with E-state index in [2.05, 4.69) is 5.32 Å². The first-order chi connectivity index (χ1) is 13.0. The maximum Gasteiger partial charge on any atom is 0.328 e. The SMILES string of the molecule is CCOC(=O)C(Cc1ccccc1)NC(=O)COc1ccccc1[N+](=O)[O-]. The van der Waals surface area contributed by atoms with E-state index in [0.29, 0.717) is 0 Å². The molecule has 1 amide bonds. The maximum atomic E-state index is 12.2. The first kappa shape index (κ1) is 19.9. The van der Waals surface area contributed by atoms with E-state index in [1.165, 1.54) is 18.2 Å². The zero-order chi connectivity index (χ0) is 19.6. The molecule has 0 saturated carbocycles. The zero-order valence-corrected chi connectivity index (χ0v) is 14.8. The van der Waals surface area contributed by atoms with Gasteiger partial charge in [0.05, 0.1) is 11.5 Å². The van der Waals surface area contributed by atoms with E-state index in [4.69, 9.17) is 9.47 Å². The second-order valence-corrected chi connectivity index (χ2v) is 5.58. The van der Waals surface area contributed by atoms with E-state index in [1.54, 1.807) is 13.0 Å². The topological polar surface area (TPSA) is 108 Å². The van der Waals surface area contributed by atoms with Crippen LogP contribution in [0.25, 0.3) is 0 Å². The Kier molecular flexibility index (Phi) is 7.30. The number of para-hydroxylation sites is 2. The van der Waals surface area contributed by atoms with Crippen molar-refractivity contribution in [3.63, 3.8) is 0 Å². The van der Waals surface area contributed by atoms with E-state index in [9.17, 15) is 19.7 Å². The Bertz CT molecular complexity index is 794. The lowest BCUT2D eigenvalue weighted by Crippen LogP contribution is -2.45. The average Bonchev–Trinajstić information content (AvgIpc) is 2.67. The number of nitro benzene ring substituents is 1. The van der Waals surface area contributed by atoms with Crippen molar-refractivity contribution >= 4 is 17.6 Å². The summed E-state index contributed by atoms with van der Waals surface area (Å²) in [7, 11) is 0. The van der Waals surface area contributed by atoms with Gasteiger partial charge in [-0.25, -0.2) is 4.79 Å². The fraction of sp³-hybridized carbons (Fsp3) is 0.263. The number of carbonyl (C=O) groups excluding carboxylic acids is 2. The minimum atomic E-state index is -0.880. The third kappa shape index (κ3) is 6.10. The van der Waals surface area contributed by atoms with Crippen LogP contribution in [0.1, 0.15) is 12.5 Å². The first-order valence-electron chi connectivity index (χ1n) is 8.37. The number of carbonyl (C=O) groups is 2. The van der Waals surface area contributed by atoms with Crippen molar-refractivity contribution in [3.05, 3.63) is 70.3 Å². The number of rotatable bonds is 9. The molecular formula is C19H20N2O6. The summed E-state index contributed by atoms with van der Waals surface area (Å²) in [5, 5.41) is 13.5. The van der Waals surface area contributed by atoms with Crippen LogP contribution in [0.15, 0.2) is 54.6 Å². The minimum absolute atomic E-state index is 0.0200. The summed E-state index contributed by atoms with van der Waals surface area (Å²) in [5.74, 6) is -1.16. The molecule has 0 heterocycles. The van der Waals surface area contributed by atoms with Crippen molar-refractivity contribution in [1.29, 1.82) is 0 Å². The molecule has 0 aliphatic heterocycles. The molecule has 8 nitrogen and oxygen atoms in total. The lowest BCUT2D eigenvalue weighted by molar-refractivity contribution is -0.385. The largest absolute Gasteiger partial charge is 0.477 e. The molecule has 0 spiro atoms. The number of amides is 1. The lowest BCUT2D eigenvalue weighted by atomic mass is 10.1. The third-order valence-corrected chi connectivity index (χ3v) is 3.61. The van der Waals surface area contributed by atoms with Gasteiger partial charge in [0.25, 0.3) is 5.91 Å². The molecule has 2 aromatic carbocycles. The van der Waals surface area contributed by atoms with Crippen LogP contribution in [0.5, 0.6) is 5.75 Å². The molecule has 8 heteroatoms. The highest BCUT2D eigenvalue weighted by atomic mass is 16.6. The van der Waals surface area contributed by atoms with E-state index >= 15 is 0 Å². The van der Waals surface area contributed by atoms with Crippen LogP contribution in [0.4, 0.5) is 5.69 Å². The van der Waals surface area contributed by atoms with Crippen LogP contribution in [0.3, 0.4) is 0 Å². The van der Waals surface area contributed by atoms with Crippen molar-refractivity contribution in [3.8, 4) is 5.75 Å². The van der Waals surface area contributed by atoms with Gasteiger partial charge in [0.1, 0.15) is 6.04 Å². The highest BCUT2D eigenvalue weighted by Gasteiger charge is 2.23. The monoisotopic (exact) mass is 372 g/mol. The van der Waals surface area contributed by atoms with Crippen molar-refractivity contribution in [2.45, 2.75) is 19.4 Å². The molecule has 1 atom stereocenters. The molecule has 0 aliphatic carbocycles. The molecule has 0 aromatic heterocycles. The molecule has 27 heavy (non-hydrogen) atoms. The molecule has 0 radical (unpaired) electrons. The standard InChI is InChI=1S/C19H20N2O6/c1-2-26-19(23)15(12-14-8-4-3-5-9-14)20-18(22)13-27-17-11-7-6-10-16(17)21(24)25/h3-11,15H,2,12-13H2,1H3,(H,20,22). The van der Waals surface area contributed by atoms with Crippen molar-refractivity contribution in [1.82, 2.24) is 5.32 Å². The number of hydrogen-bond donors (Lipinski definition) is 1. The second kappa shape index (κ2) is 9.91. The summed E-state index contributed by atoms with van der Waals surface area (Å²) in [6.07, 6.45) is 0.261. The van der Waals surface area contributed by atoms with Crippen LogP contribution < -0.4 is 10.1 Å². The third-order valence-electron chi connectivity index (χ3n) is 3.61. The summed E-state index contributed by atoms with van der Waals surface area (Å²) in [5.41, 5.74) is 0.618. The lowest BCUT2D eigenvalue weighted by Gasteiger charge is -2.17. The summed E-state index contributed by atoms with van der Waals surface area (Å²) < 4.78 is 10.3. The van der Waals surface area contributed by atoms with Crippen LogP contribution in [-0.2, 0) is 20.7 Å². The van der Waals surface area contributed by atoms with Gasteiger partial charge in [-0.15, -0.1) is 0 Å². The van der Waals surface area contributed by atoms with Gasteiger partial charge in [-0.2, -0.15) is 0 Å². The zero-order valence-electron chi connectivity index (χ0n) is 14.8. The Morgan fingerprint density at radius 1 is 1.11 bits per heavy atom. The molecule has 1 unspecified atom stereocenters. The van der Waals surface area contributed by atoms with Gasteiger partial charge in [-0.05, 0) is 18.6 Å². The molecule has 0 fully saturated rings. The summed E-state index contributed by atoms with van der Waals surface area (Å²) in [6.45, 7) is 1.40. The van der Waals surface area contributed by atoms with Gasteiger partial charge in [0.15, 0.2) is 12.4 Å². The quantitative estimate of drug-likeness (QED) is 0.411. The first-order valence-corrected chi connectivity index (χ1v) is 8.37. The second-order valence-electron chi connectivity index (χ2n) is 5.58. The van der Waals surface area contributed by atoms with Crippen molar-refractivity contribution < 1.29 is 24.0 Å². The Hall–Kier alpha value is -3.42. The molecule has 0 saturated heterocycles. The van der Waals surface area contributed by atoms with Crippen LogP contribution in [0, 0.1) is 10.1 Å². The number of nitrogens with zero attached hydrogens (tertiary/aromatic N) is 1. The summed E-state index contributed by atoms with van der Waals surface area (Å²) >= 11 is 0. The Labute approximate surface area is 156 Å². The Morgan fingerprint density at radius 2 is 1.78 bits per heavy atom. The molecule has 0 bridgehead atoms. The van der Waals surface area contributed by atoms with Crippen LogP contribution >= 0.6 is 0 Å². The number of ether oxygens (including phenoxy) is 2. The number of nitro groups is 1. The smallest absolute Gasteiger partial charge is 0.328 e. The average molecular weight is 372 g/mol. The molecule has 2 aromatic rings. The van der Waals surface area contributed by atoms with Crippen LogP contribution in [-0.4, -0.2) is 36.1 Å². The molecule has 142 valence electrons. The van der Waals surface area contributed by atoms with Gasteiger partial charge in [0.2, 0.25) is 0 Å². The Balaban J connectivity index is 2.01. The van der Waals surface area contributed by atoms with Crippen LogP contribution in [0.2, 0.25) is 0 Å². The van der Waals surface area contributed by atoms with Crippen molar-refractivity contribution in [2.75, 3.05) is 13.2 Å².